The largest absolute Gasteiger partial charge is 0.508 e. The van der Waals surface area contributed by atoms with Gasteiger partial charge in [0.05, 0.1) is 4.92 Å². The molecule has 0 saturated carbocycles. The van der Waals surface area contributed by atoms with Crippen molar-refractivity contribution < 1.29 is 14.8 Å². The van der Waals surface area contributed by atoms with Gasteiger partial charge >= 0.3 is 0 Å². The van der Waals surface area contributed by atoms with Gasteiger partial charge < -0.3 is 10.0 Å². The summed E-state index contributed by atoms with van der Waals surface area (Å²) in [5.74, 6) is 0.659. The average Bonchev–Trinajstić information content (AvgIpc) is 2.46. The molecule has 6 heteroatoms. The summed E-state index contributed by atoms with van der Waals surface area (Å²) >= 11 is 0. The van der Waals surface area contributed by atoms with Crippen LogP contribution in [0.2, 0.25) is 0 Å². The van der Waals surface area contributed by atoms with Crippen molar-refractivity contribution in [2.45, 2.75) is 26.7 Å². The van der Waals surface area contributed by atoms with Crippen molar-refractivity contribution >= 4 is 11.6 Å². The molecule has 0 aromatic heterocycles. The summed E-state index contributed by atoms with van der Waals surface area (Å²) in [5.41, 5.74) is -0.299. The van der Waals surface area contributed by atoms with Crippen LogP contribution in [0.25, 0.3) is 0 Å². The van der Waals surface area contributed by atoms with Crippen molar-refractivity contribution in [2.24, 2.45) is 11.8 Å². The lowest BCUT2D eigenvalue weighted by Gasteiger charge is -2.33. The second-order valence-electron chi connectivity index (χ2n) is 5.83. The molecular formula is C15H20N2O4. The van der Waals surface area contributed by atoms with Crippen LogP contribution in [0.5, 0.6) is 5.75 Å². The number of likely N-dealkylation sites (tertiary alicyclic amines) is 1. The van der Waals surface area contributed by atoms with Crippen LogP contribution in [0, 0.1) is 22.0 Å². The first-order valence-corrected chi connectivity index (χ1v) is 7.17. The molecule has 1 N–H and O–H groups in total. The van der Waals surface area contributed by atoms with Gasteiger partial charge in [0.15, 0.2) is 0 Å². The number of carbonyl (C=O) groups is 1. The summed E-state index contributed by atoms with van der Waals surface area (Å²) < 4.78 is 0. The van der Waals surface area contributed by atoms with Crippen molar-refractivity contribution in [2.75, 3.05) is 13.1 Å². The minimum Gasteiger partial charge on any atom is -0.508 e. The quantitative estimate of drug-likeness (QED) is 0.686. The number of amides is 1. The van der Waals surface area contributed by atoms with Crippen molar-refractivity contribution in [3.63, 3.8) is 0 Å². The number of aromatic hydroxyl groups is 1. The van der Waals surface area contributed by atoms with Gasteiger partial charge in [0.25, 0.3) is 11.6 Å². The van der Waals surface area contributed by atoms with E-state index in [1.165, 1.54) is 18.2 Å². The Morgan fingerprint density at radius 3 is 2.52 bits per heavy atom. The minimum atomic E-state index is -0.590. The molecule has 1 heterocycles. The van der Waals surface area contributed by atoms with Crippen molar-refractivity contribution in [1.29, 1.82) is 0 Å². The molecule has 0 spiro atoms. The van der Waals surface area contributed by atoms with E-state index >= 15 is 0 Å². The zero-order chi connectivity index (χ0) is 15.6. The van der Waals surface area contributed by atoms with E-state index in [9.17, 15) is 20.0 Å². The molecule has 1 aliphatic rings. The average molecular weight is 292 g/mol. The Bertz CT molecular complexity index is 549. The summed E-state index contributed by atoms with van der Waals surface area (Å²) in [6.07, 6.45) is 1.83. The number of carbonyl (C=O) groups excluding carboxylic acids is 1. The Morgan fingerprint density at radius 1 is 1.38 bits per heavy atom. The predicted molar refractivity (Wildman–Crippen MR) is 78.2 cm³/mol. The second kappa shape index (κ2) is 6.11. The molecule has 6 nitrogen and oxygen atoms in total. The van der Waals surface area contributed by atoms with Gasteiger partial charge in [0.1, 0.15) is 11.3 Å². The lowest BCUT2D eigenvalue weighted by molar-refractivity contribution is -0.385. The topological polar surface area (TPSA) is 83.7 Å². The molecule has 1 fully saturated rings. The maximum Gasteiger partial charge on any atom is 0.282 e. The van der Waals surface area contributed by atoms with Gasteiger partial charge in [-0.25, -0.2) is 0 Å². The Kier molecular flexibility index (Phi) is 4.45. The Morgan fingerprint density at radius 2 is 2.00 bits per heavy atom. The molecule has 0 atom stereocenters. The minimum absolute atomic E-state index is 0.0389. The second-order valence-corrected chi connectivity index (χ2v) is 5.83. The van der Waals surface area contributed by atoms with E-state index in [2.05, 4.69) is 13.8 Å². The standard InChI is InChI=1S/C15H20N2O4/c1-10(2)11-5-7-16(8-6-11)15(19)13-9-12(18)3-4-14(13)17(20)21/h3-4,9-11,18H,5-8H2,1-2H3. The molecule has 1 aliphatic heterocycles. The Balaban J connectivity index is 2.18. The molecule has 1 aromatic carbocycles. The first kappa shape index (κ1) is 15.3. The van der Waals surface area contributed by atoms with E-state index in [-0.39, 0.29) is 22.9 Å². The summed E-state index contributed by atoms with van der Waals surface area (Å²) in [6, 6.07) is 3.57. The van der Waals surface area contributed by atoms with Gasteiger partial charge in [-0.3, -0.25) is 14.9 Å². The number of nitrogens with zero attached hydrogens (tertiary/aromatic N) is 2. The third-order valence-corrected chi connectivity index (χ3v) is 4.18. The van der Waals surface area contributed by atoms with E-state index in [4.69, 9.17) is 0 Å². The van der Waals surface area contributed by atoms with E-state index in [0.717, 1.165) is 12.8 Å². The summed E-state index contributed by atoms with van der Waals surface area (Å²) in [4.78, 5) is 24.5. The number of hydrogen-bond donors (Lipinski definition) is 1. The summed E-state index contributed by atoms with van der Waals surface area (Å²) in [5, 5.41) is 20.5. The smallest absolute Gasteiger partial charge is 0.282 e. The highest BCUT2D eigenvalue weighted by atomic mass is 16.6. The molecule has 21 heavy (non-hydrogen) atoms. The van der Waals surface area contributed by atoms with Crippen LogP contribution in [0.15, 0.2) is 18.2 Å². The van der Waals surface area contributed by atoms with Gasteiger partial charge in [-0.2, -0.15) is 0 Å². The fraction of sp³-hybridized carbons (Fsp3) is 0.533. The van der Waals surface area contributed by atoms with Crippen molar-refractivity contribution in [3.05, 3.63) is 33.9 Å². The highest BCUT2D eigenvalue weighted by Crippen LogP contribution is 2.28. The Hall–Kier alpha value is -2.11. The molecular weight excluding hydrogens is 272 g/mol. The molecule has 1 amide bonds. The number of nitro benzene ring substituents is 1. The number of benzene rings is 1. The van der Waals surface area contributed by atoms with Crippen LogP contribution in [-0.4, -0.2) is 33.9 Å². The van der Waals surface area contributed by atoms with E-state index in [1.54, 1.807) is 4.90 Å². The van der Waals surface area contributed by atoms with Gasteiger partial charge in [-0.15, -0.1) is 0 Å². The van der Waals surface area contributed by atoms with Gasteiger partial charge in [0.2, 0.25) is 0 Å². The lowest BCUT2D eigenvalue weighted by atomic mass is 9.86. The fourth-order valence-electron chi connectivity index (χ4n) is 2.79. The maximum absolute atomic E-state index is 12.5. The fourth-order valence-corrected chi connectivity index (χ4v) is 2.79. The number of piperidine rings is 1. The zero-order valence-corrected chi connectivity index (χ0v) is 12.3. The van der Waals surface area contributed by atoms with Gasteiger partial charge in [-0.05, 0) is 36.8 Å². The van der Waals surface area contributed by atoms with Crippen molar-refractivity contribution in [3.8, 4) is 5.75 Å². The van der Waals surface area contributed by atoms with E-state index < -0.39 is 4.92 Å². The Labute approximate surface area is 123 Å². The van der Waals surface area contributed by atoms with E-state index in [0.29, 0.717) is 24.9 Å². The number of hydrogen-bond acceptors (Lipinski definition) is 4. The molecule has 0 radical (unpaired) electrons. The normalized spacial score (nSPS) is 16.2. The first-order valence-electron chi connectivity index (χ1n) is 7.17. The summed E-state index contributed by atoms with van der Waals surface area (Å²) in [6.45, 7) is 5.55. The van der Waals surface area contributed by atoms with Crippen LogP contribution < -0.4 is 0 Å². The molecule has 1 aromatic rings. The molecule has 0 bridgehead atoms. The van der Waals surface area contributed by atoms with E-state index in [1.807, 2.05) is 0 Å². The van der Waals surface area contributed by atoms with Gasteiger partial charge in [-0.1, -0.05) is 13.8 Å². The molecule has 1 saturated heterocycles. The zero-order valence-electron chi connectivity index (χ0n) is 12.3. The molecule has 114 valence electrons. The lowest BCUT2D eigenvalue weighted by Crippen LogP contribution is -2.39. The van der Waals surface area contributed by atoms with Crippen LogP contribution in [0.4, 0.5) is 5.69 Å². The summed E-state index contributed by atoms with van der Waals surface area (Å²) in [7, 11) is 0. The van der Waals surface area contributed by atoms with Crippen LogP contribution >= 0.6 is 0 Å². The number of nitro groups is 1. The molecule has 0 aliphatic carbocycles. The number of phenols is 1. The van der Waals surface area contributed by atoms with Crippen LogP contribution in [0.3, 0.4) is 0 Å². The highest BCUT2D eigenvalue weighted by Gasteiger charge is 2.29. The predicted octanol–water partition coefficient (Wildman–Crippen LogP) is 2.81. The monoisotopic (exact) mass is 292 g/mol. The molecule has 2 rings (SSSR count). The van der Waals surface area contributed by atoms with Gasteiger partial charge in [0, 0.05) is 19.2 Å². The van der Waals surface area contributed by atoms with Crippen molar-refractivity contribution in [1.82, 2.24) is 4.90 Å². The third-order valence-electron chi connectivity index (χ3n) is 4.18. The first-order chi connectivity index (χ1) is 9.90. The molecule has 0 unspecified atom stereocenters. The third kappa shape index (κ3) is 3.32. The maximum atomic E-state index is 12.5. The number of phenolic OH excluding ortho intramolecular Hbond substituents is 1. The van der Waals surface area contributed by atoms with Crippen LogP contribution in [-0.2, 0) is 0 Å². The highest BCUT2D eigenvalue weighted by molar-refractivity contribution is 5.98. The number of rotatable bonds is 3. The van der Waals surface area contributed by atoms with Crippen LogP contribution in [0.1, 0.15) is 37.0 Å². The SMILES string of the molecule is CC(C)C1CCN(C(=O)c2cc(O)ccc2[N+](=O)[O-])CC1.